The van der Waals surface area contributed by atoms with Crippen LogP contribution in [-0.4, -0.2) is 37.2 Å². The van der Waals surface area contributed by atoms with Crippen molar-refractivity contribution in [3.05, 3.63) is 170 Å². The van der Waals surface area contributed by atoms with E-state index in [4.69, 9.17) is 14.2 Å². The van der Waals surface area contributed by atoms with Crippen molar-refractivity contribution in [2.45, 2.75) is 200 Å². The van der Waals surface area contributed by atoms with Crippen molar-refractivity contribution < 1.29 is 28.6 Å². The van der Waals surface area contributed by atoms with Gasteiger partial charge in [0, 0.05) is 19.3 Å². The molecule has 0 aliphatic rings. The zero-order valence-electron chi connectivity index (χ0n) is 44.2. The molecular formula is C64H96O6. The summed E-state index contributed by atoms with van der Waals surface area (Å²) in [7, 11) is 0. The van der Waals surface area contributed by atoms with Gasteiger partial charge in [-0.05, 0) is 122 Å². The fourth-order valence-electron chi connectivity index (χ4n) is 6.45. The van der Waals surface area contributed by atoms with E-state index in [2.05, 4.69) is 167 Å². The normalized spacial score (nSPS) is 13.5. The molecule has 6 heteroatoms. The summed E-state index contributed by atoms with van der Waals surface area (Å²) in [5.74, 6) is -1.15. The van der Waals surface area contributed by atoms with Gasteiger partial charge in [0.2, 0.25) is 0 Å². The molecular weight excluding hydrogens is 865 g/mol. The Labute approximate surface area is 428 Å². The van der Waals surface area contributed by atoms with Gasteiger partial charge in [-0.2, -0.15) is 0 Å². The molecule has 70 heavy (non-hydrogen) atoms. The SMILES string of the molecule is CC/C=C\C/C=C\C/C=C\C/C=C\C/C=C\C/C=C\CCC(=O)OCC(COC(=O)CCCCCCC/C=C\C/C=C\CCCC)OC(=O)CC/C=C\C/C=C\C/C=C\C/C=C\C/C=C\C/C=C\CC. The molecule has 0 N–H and O–H groups in total. The predicted molar refractivity (Wildman–Crippen MR) is 301 cm³/mol. The van der Waals surface area contributed by atoms with Gasteiger partial charge in [-0.15, -0.1) is 0 Å². The first-order chi connectivity index (χ1) is 34.5. The van der Waals surface area contributed by atoms with Crippen LogP contribution in [0.15, 0.2) is 170 Å². The van der Waals surface area contributed by atoms with Gasteiger partial charge in [0.1, 0.15) is 13.2 Å². The van der Waals surface area contributed by atoms with Crippen LogP contribution in [0.3, 0.4) is 0 Å². The summed E-state index contributed by atoms with van der Waals surface area (Å²) in [5, 5.41) is 0. The van der Waals surface area contributed by atoms with Gasteiger partial charge in [0.25, 0.3) is 0 Å². The number of ether oxygens (including phenoxy) is 3. The largest absolute Gasteiger partial charge is 0.462 e. The summed E-state index contributed by atoms with van der Waals surface area (Å²) >= 11 is 0. The molecule has 0 bridgehead atoms. The van der Waals surface area contributed by atoms with Gasteiger partial charge in [-0.1, -0.05) is 223 Å². The van der Waals surface area contributed by atoms with E-state index >= 15 is 0 Å². The number of carbonyl (C=O) groups is 3. The minimum atomic E-state index is -0.864. The number of rotatable bonds is 46. The molecule has 0 saturated heterocycles. The fraction of sp³-hybridized carbons (Fsp3) is 0.516. The number of unbranched alkanes of at least 4 members (excludes halogenated alkanes) is 7. The summed E-state index contributed by atoms with van der Waals surface area (Å²) in [6.07, 6.45) is 83.6. The molecule has 0 heterocycles. The average molecular weight is 961 g/mol. The molecule has 0 saturated carbocycles. The highest BCUT2D eigenvalue weighted by atomic mass is 16.6. The van der Waals surface area contributed by atoms with E-state index in [0.29, 0.717) is 19.3 Å². The van der Waals surface area contributed by atoms with Crippen LogP contribution in [0.25, 0.3) is 0 Å². The Hall–Kier alpha value is -5.23. The maximum absolute atomic E-state index is 12.8. The lowest BCUT2D eigenvalue weighted by atomic mass is 10.1. The second-order valence-corrected chi connectivity index (χ2v) is 17.0. The zero-order valence-corrected chi connectivity index (χ0v) is 44.2. The van der Waals surface area contributed by atoms with E-state index in [-0.39, 0.29) is 38.0 Å². The molecule has 0 fully saturated rings. The number of carbonyl (C=O) groups excluding carboxylic acids is 3. The first-order valence-corrected chi connectivity index (χ1v) is 27.1. The second-order valence-electron chi connectivity index (χ2n) is 17.0. The third-order valence-electron chi connectivity index (χ3n) is 10.5. The fourth-order valence-corrected chi connectivity index (χ4v) is 6.45. The maximum atomic E-state index is 12.8. The van der Waals surface area contributed by atoms with Crippen molar-refractivity contribution in [3.8, 4) is 0 Å². The zero-order chi connectivity index (χ0) is 50.7. The van der Waals surface area contributed by atoms with Gasteiger partial charge >= 0.3 is 17.9 Å². The highest BCUT2D eigenvalue weighted by Crippen LogP contribution is 2.11. The third kappa shape index (κ3) is 53.7. The topological polar surface area (TPSA) is 78.9 Å². The second kappa shape index (κ2) is 56.4. The lowest BCUT2D eigenvalue weighted by molar-refractivity contribution is -0.166. The van der Waals surface area contributed by atoms with E-state index in [9.17, 15) is 14.4 Å². The minimum Gasteiger partial charge on any atom is -0.462 e. The quantitative estimate of drug-likeness (QED) is 0.0262. The van der Waals surface area contributed by atoms with Crippen molar-refractivity contribution in [1.82, 2.24) is 0 Å². The minimum absolute atomic E-state index is 0.148. The van der Waals surface area contributed by atoms with Gasteiger partial charge in [-0.3, -0.25) is 14.4 Å². The molecule has 6 nitrogen and oxygen atoms in total. The number of esters is 3. The number of hydrogen-bond donors (Lipinski definition) is 0. The lowest BCUT2D eigenvalue weighted by Gasteiger charge is -2.18. The van der Waals surface area contributed by atoms with Crippen LogP contribution in [0.2, 0.25) is 0 Å². The Morgan fingerprint density at radius 3 is 0.957 bits per heavy atom. The van der Waals surface area contributed by atoms with E-state index in [1.54, 1.807) is 0 Å². The number of hydrogen-bond acceptors (Lipinski definition) is 6. The first-order valence-electron chi connectivity index (χ1n) is 27.1. The van der Waals surface area contributed by atoms with Crippen LogP contribution in [0.4, 0.5) is 0 Å². The van der Waals surface area contributed by atoms with Crippen molar-refractivity contribution in [1.29, 1.82) is 0 Å². The van der Waals surface area contributed by atoms with E-state index < -0.39 is 12.1 Å². The van der Waals surface area contributed by atoms with Crippen LogP contribution in [0.5, 0.6) is 0 Å². The van der Waals surface area contributed by atoms with E-state index in [1.165, 1.54) is 19.3 Å². The van der Waals surface area contributed by atoms with Crippen LogP contribution in [0.1, 0.15) is 194 Å². The molecule has 0 aliphatic carbocycles. The smallest absolute Gasteiger partial charge is 0.306 e. The van der Waals surface area contributed by atoms with Crippen molar-refractivity contribution in [2.75, 3.05) is 13.2 Å². The average Bonchev–Trinajstić information content (AvgIpc) is 3.36. The van der Waals surface area contributed by atoms with Crippen LogP contribution < -0.4 is 0 Å². The molecule has 0 rings (SSSR count). The summed E-state index contributed by atoms with van der Waals surface area (Å²) in [6.45, 7) is 6.20. The summed E-state index contributed by atoms with van der Waals surface area (Å²) in [4.78, 5) is 38.0. The Bertz CT molecular complexity index is 1670. The summed E-state index contributed by atoms with van der Waals surface area (Å²) in [5.41, 5.74) is 0. The van der Waals surface area contributed by atoms with Gasteiger partial charge < -0.3 is 14.2 Å². The summed E-state index contributed by atoms with van der Waals surface area (Å²) in [6, 6.07) is 0. The molecule has 0 spiro atoms. The van der Waals surface area contributed by atoms with Crippen molar-refractivity contribution >= 4 is 17.9 Å². The van der Waals surface area contributed by atoms with Crippen LogP contribution >= 0.6 is 0 Å². The third-order valence-corrected chi connectivity index (χ3v) is 10.5. The van der Waals surface area contributed by atoms with Crippen molar-refractivity contribution in [2.24, 2.45) is 0 Å². The number of allylic oxidation sites excluding steroid dienone is 28. The lowest BCUT2D eigenvalue weighted by Crippen LogP contribution is -2.30. The standard InChI is InChI=1S/C64H96O6/c1-4-7-10-13-16-19-22-25-28-30-32-34-36-39-42-45-48-51-54-57-63(66)69-60-61(59-68-62(65)56-53-50-47-44-41-38-27-24-21-18-15-12-9-6-3)70-64(67)58-55-52-49-46-43-40-37-35-33-31-29-26-23-20-17-14-11-8-5-2/h7-8,10-11,15-20,24-29,32-35,39-40,42-43,48-49,51-52,61H,4-6,9,12-14,21-23,30-31,36-38,41,44-47,50,53-60H2,1-3H3/b10-7-,11-8-,18-15-,19-16-,20-17-,27-24-,28-25-,29-26-,34-32-,35-33-,42-39-,43-40-,51-48-,52-49-. The molecule has 0 amide bonds. The maximum Gasteiger partial charge on any atom is 0.306 e. The Balaban J connectivity index is 4.68. The predicted octanol–water partition coefficient (Wildman–Crippen LogP) is 18.4. The molecule has 0 aromatic rings. The van der Waals surface area contributed by atoms with E-state index in [0.717, 1.165) is 122 Å². The molecule has 0 aromatic heterocycles. The van der Waals surface area contributed by atoms with E-state index in [1.807, 2.05) is 24.3 Å². The first kappa shape index (κ1) is 64.8. The Morgan fingerprint density at radius 2 is 0.586 bits per heavy atom. The van der Waals surface area contributed by atoms with Crippen LogP contribution in [-0.2, 0) is 28.6 Å². The molecule has 1 unspecified atom stereocenters. The molecule has 0 aromatic carbocycles. The molecule has 0 aliphatic heterocycles. The highest BCUT2D eigenvalue weighted by Gasteiger charge is 2.19. The van der Waals surface area contributed by atoms with Crippen molar-refractivity contribution in [3.63, 3.8) is 0 Å². The Morgan fingerprint density at radius 1 is 0.300 bits per heavy atom. The molecule has 0 radical (unpaired) electrons. The monoisotopic (exact) mass is 961 g/mol. The van der Waals surface area contributed by atoms with Gasteiger partial charge in [-0.25, -0.2) is 0 Å². The van der Waals surface area contributed by atoms with Gasteiger partial charge in [0.15, 0.2) is 6.10 Å². The highest BCUT2D eigenvalue weighted by molar-refractivity contribution is 5.71. The summed E-state index contributed by atoms with van der Waals surface area (Å²) < 4.78 is 16.7. The molecule has 388 valence electrons. The Kier molecular flexibility index (Phi) is 52.1. The molecule has 1 atom stereocenters. The van der Waals surface area contributed by atoms with Gasteiger partial charge in [0.05, 0.1) is 0 Å². The van der Waals surface area contributed by atoms with Crippen LogP contribution in [0, 0.1) is 0 Å².